The van der Waals surface area contributed by atoms with E-state index in [1.54, 1.807) is 37.8 Å². The number of nitrogens with one attached hydrogen (secondary N) is 1. The van der Waals surface area contributed by atoms with Gasteiger partial charge in [0.25, 0.3) is 0 Å². The second-order valence-corrected chi connectivity index (χ2v) is 4.81. The van der Waals surface area contributed by atoms with Crippen molar-refractivity contribution in [2.45, 2.75) is 13.5 Å². The monoisotopic (exact) mass is 282 g/mol. The fourth-order valence-corrected chi connectivity index (χ4v) is 1.99. The molecule has 1 aromatic carbocycles. The first kappa shape index (κ1) is 13.3. The fourth-order valence-electron chi connectivity index (χ4n) is 1.99. The van der Waals surface area contributed by atoms with Gasteiger partial charge in [-0.3, -0.25) is 4.57 Å². The summed E-state index contributed by atoms with van der Waals surface area (Å²) in [7, 11) is 0. The van der Waals surface area contributed by atoms with Crippen LogP contribution in [0.2, 0.25) is 0 Å². The molecule has 0 saturated heterocycles. The Morgan fingerprint density at radius 1 is 1.24 bits per heavy atom. The molecule has 0 aliphatic carbocycles. The third kappa shape index (κ3) is 3.08. The van der Waals surface area contributed by atoms with E-state index in [1.807, 2.05) is 29.0 Å². The summed E-state index contributed by atoms with van der Waals surface area (Å²) in [5.41, 5.74) is 2.45. The number of pyridine rings is 1. The van der Waals surface area contributed by atoms with Gasteiger partial charge in [-0.15, -0.1) is 0 Å². The van der Waals surface area contributed by atoms with Gasteiger partial charge in [-0.1, -0.05) is 12.1 Å². The van der Waals surface area contributed by atoms with Gasteiger partial charge in [0.2, 0.25) is 0 Å². The topological polar surface area (TPSA) is 42.7 Å². The van der Waals surface area contributed by atoms with E-state index in [9.17, 15) is 4.39 Å². The SMILES string of the molecule is Cc1ccc(CNc2ccc(-n3ccnc3)nc2)cc1F. The molecule has 3 aromatic rings. The van der Waals surface area contributed by atoms with Gasteiger partial charge in [0.05, 0.1) is 11.9 Å². The lowest BCUT2D eigenvalue weighted by Gasteiger charge is -2.08. The summed E-state index contributed by atoms with van der Waals surface area (Å²) in [5, 5.41) is 3.23. The Morgan fingerprint density at radius 2 is 2.14 bits per heavy atom. The van der Waals surface area contributed by atoms with Crippen LogP contribution < -0.4 is 5.32 Å². The van der Waals surface area contributed by atoms with Crippen LogP contribution in [0.15, 0.2) is 55.2 Å². The van der Waals surface area contributed by atoms with E-state index in [-0.39, 0.29) is 5.82 Å². The minimum Gasteiger partial charge on any atom is -0.380 e. The molecule has 0 atom stereocenters. The molecule has 0 spiro atoms. The summed E-state index contributed by atoms with van der Waals surface area (Å²) in [6.07, 6.45) is 6.99. The zero-order valence-corrected chi connectivity index (χ0v) is 11.6. The van der Waals surface area contributed by atoms with Crippen LogP contribution in [0.1, 0.15) is 11.1 Å². The standard InChI is InChI=1S/C16H15FN4/c1-12-2-3-13(8-15(12)17)9-19-14-4-5-16(20-10-14)21-7-6-18-11-21/h2-8,10-11,19H,9H2,1H3. The average molecular weight is 282 g/mol. The highest BCUT2D eigenvalue weighted by Crippen LogP contribution is 2.13. The Kier molecular flexibility index (Phi) is 3.64. The molecule has 1 N–H and O–H groups in total. The largest absolute Gasteiger partial charge is 0.380 e. The van der Waals surface area contributed by atoms with E-state index >= 15 is 0 Å². The number of halogens is 1. The highest BCUT2D eigenvalue weighted by Gasteiger charge is 2.01. The normalized spacial score (nSPS) is 10.6. The van der Waals surface area contributed by atoms with Crippen molar-refractivity contribution >= 4 is 5.69 Å². The van der Waals surface area contributed by atoms with Crippen molar-refractivity contribution in [1.82, 2.24) is 14.5 Å². The molecule has 0 aliphatic heterocycles. The van der Waals surface area contributed by atoms with Gasteiger partial charge in [-0.05, 0) is 36.2 Å². The van der Waals surface area contributed by atoms with Crippen LogP contribution in [0.3, 0.4) is 0 Å². The first-order valence-electron chi connectivity index (χ1n) is 6.66. The predicted octanol–water partition coefficient (Wildman–Crippen LogP) is 3.33. The molecule has 106 valence electrons. The zero-order valence-electron chi connectivity index (χ0n) is 11.6. The van der Waals surface area contributed by atoms with E-state index in [0.717, 1.165) is 17.1 Å². The summed E-state index contributed by atoms with van der Waals surface area (Å²) in [5.74, 6) is 0.627. The van der Waals surface area contributed by atoms with E-state index < -0.39 is 0 Å². The van der Waals surface area contributed by atoms with Gasteiger partial charge >= 0.3 is 0 Å². The maximum Gasteiger partial charge on any atom is 0.137 e. The molecular formula is C16H15FN4. The second-order valence-electron chi connectivity index (χ2n) is 4.81. The summed E-state index contributed by atoms with van der Waals surface area (Å²) in [6.45, 7) is 2.31. The summed E-state index contributed by atoms with van der Waals surface area (Å²) in [6, 6.07) is 9.09. The zero-order chi connectivity index (χ0) is 14.7. The number of benzene rings is 1. The highest BCUT2D eigenvalue weighted by molar-refractivity contribution is 5.44. The lowest BCUT2D eigenvalue weighted by atomic mass is 10.1. The van der Waals surface area contributed by atoms with Crippen LogP contribution in [0, 0.1) is 12.7 Å². The summed E-state index contributed by atoms with van der Waals surface area (Å²) in [4.78, 5) is 8.34. The Morgan fingerprint density at radius 3 is 2.81 bits per heavy atom. The molecule has 0 bridgehead atoms. The Balaban J connectivity index is 1.66. The Bertz CT molecular complexity index is 721. The summed E-state index contributed by atoms with van der Waals surface area (Å²) < 4.78 is 15.3. The average Bonchev–Trinajstić information content (AvgIpc) is 3.03. The van der Waals surface area contributed by atoms with Crippen LogP contribution >= 0.6 is 0 Å². The number of imidazole rings is 1. The first-order valence-corrected chi connectivity index (χ1v) is 6.66. The molecule has 3 rings (SSSR count). The van der Waals surface area contributed by atoms with Crippen molar-refractivity contribution in [1.29, 1.82) is 0 Å². The molecule has 0 radical (unpaired) electrons. The van der Waals surface area contributed by atoms with E-state index in [4.69, 9.17) is 0 Å². The molecular weight excluding hydrogens is 267 g/mol. The Labute approximate surface area is 122 Å². The van der Waals surface area contributed by atoms with Gasteiger partial charge in [0.15, 0.2) is 0 Å². The molecule has 0 unspecified atom stereocenters. The number of hydrogen-bond donors (Lipinski definition) is 1. The van der Waals surface area contributed by atoms with Crippen LogP contribution in [0.25, 0.3) is 5.82 Å². The molecule has 0 saturated carbocycles. The maximum atomic E-state index is 13.5. The molecule has 4 nitrogen and oxygen atoms in total. The lowest BCUT2D eigenvalue weighted by Crippen LogP contribution is -2.02. The lowest BCUT2D eigenvalue weighted by molar-refractivity contribution is 0.616. The quantitative estimate of drug-likeness (QED) is 0.798. The van der Waals surface area contributed by atoms with Crippen LogP contribution in [-0.4, -0.2) is 14.5 Å². The maximum absolute atomic E-state index is 13.5. The second kappa shape index (κ2) is 5.75. The van der Waals surface area contributed by atoms with Crippen LogP contribution in [0.4, 0.5) is 10.1 Å². The number of aryl methyl sites for hydroxylation is 1. The molecule has 5 heteroatoms. The molecule has 0 aliphatic rings. The van der Waals surface area contributed by atoms with Gasteiger partial charge in [0.1, 0.15) is 18.0 Å². The number of hydrogen-bond acceptors (Lipinski definition) is 3. The molecule has 2 aromatic heterocycles. The van der Waals surface area contributed by atoms with Crippen LogP contribution in [-0.2, 0) is 6.54 Å². The summed E-state index contributed by atoms with van der Waals surface area (Å²) >= 11 is 0. The fraction of sp³-hybridized carbons (Fsp3) is 0.125. The van der Waals surface area contributed by atoms with E-state index in [1.165, 1.54) is 0 Å². The van der Waals surface area contributed by atoms with Gasteiger partial charge in [-0.2, -0.15) is 0 Å². The molecule has 2 heterocycles. The van der Waals surface area contributed by atoms with Crippen molar-refractivity contribution in [2.75, 3.05) is 5.32 Å². The number of anilines is 1. The van der Waals surface area contributed by atoms with Crippen molar-refractivity contribution in [3.05, 3.63) is 72.2 Å². The Hall–Kier alpha value is -2.69. The van der Waals surface area contributed by atoms with Crippen molar-refractivity contribution < 1.29 is 4.39 Å². The van der Waals surface area contributed by atoms with E-state index in [0.29, 0.717) is 12.1 Å². The van der Waals surface area contributed by atoms with Crippen molar-refractivity contribution in [2.24, 2.45) is 0 Å². The minimum atomic E-state index is -0.178. The third-order valence-corrected chi connectivity index (χ3v) is 3.25. The number of aromatic nitrogens is 3. The van der Waals surface area contributed by atoms with Gasteiger partial charge in [0, 0.05) is 18.9 Å². The molecule has 0 amide bonds. The molecule has 21 heavy (non-hydrogen) atoms. The molecule has 0 fully saturated rings. The smallest absolute Gasteiger partial charge is 0.137 e. The van der Waals surface area contributed by atoms with Crippen LogP contribution in [0.5, 0.6) is 0 Å². The predicted molar refractivity (Wildman–Crippen MR) is 79.8 cm³/mol. The highest BCUT2D eigenvalue weighted by atomic mass is 19.1. The number of rotatable bonds is 4. The minimum absolute atomic E-state index is 0.178. The third-order valence-electron chi connectivity index (χ3n) is 3.25. The van der Waals surface area contributed by atoms with Gasteiger partial charge < -0.3 is 5.32 Å². The van der Waals surface area contributed by atoms with E-state index in [2.05, 4.69) is 15.3 Å². The van der Waals surface area contributed by atoms with Crippen molar-refractivity contribution in [3.8, 4) is 5.82 Å². The number of nitrogens with zero attached hydrogens (tertiary/aromatic N) is 3. The van der Waals surface area contributed by atoms with Gasteiger partial charge in [-0.25, -0.2) is 14.4 Å². The van der Waals surface area contributed by atoms with Crippen molar-refractivity contribution in [3.63, 3.8) is 0 Å². The first-order chi connectivity index (χ1) is 10.2.